The van der Waals surface area contributed by atoms with Crippen LogP contribution in [-0.2, 0) is 9.59 Å². The van der Waals surface area contributed by atoms with E-state index in [1.165, 1.54) is 0 Å². The lowest BCUT2D eigenvalue weighted by molar-refractivity contribution is -0.147. The molecular weight excluding hydrogens is 286 g/mol. The number of aliphatic carboxylic acids is 1. The Balaban J connectivity index is 2.25. The summed E-state index contributed by atoms with van der Waals surface area (Å²) in [5.41, 5.74) is 4.30. The van der Waals surface area contributed by atoms with Crippen LogP contribution >= 0.6 is 0 Å². The normalized spacial score (nSPS) is 16.4. The van der Waals surface area contributed by atoms with Gasteiger partial charge in [0.25, 0.3) is 0 Å². The van der Waals surface area contributed by atoms with Crippen LogP contribution in [0.15, 0.2) is 0 Å². The number of carboxylic acids is 1. The predicted molar refractivity (Wildman–Crippen MR) is 82.2 cm³/mol. The number of amides is 3. The number of piperidine rings is 1. The minimum absolute atomic E-state index is 0.144. The number of nitrogens with zero attached hydrogens (tertiary/aromatic N) is 1. The maximum Gasteiger partial charge on any atom is 0.317 e. The van der Waals surface area contributed by atoms with Crippen LogP contribution < -0.4 is 11.1 Å². The lowest BCUT2D eigenvalue weighted by Gasteiger charge is -2.32. The van der Waals surface area contributed by atoms with E-state index < -0.39 is 11.4 Å². The molecule has 0 atom stereocenters. The zero-order chi connectivity index (χ0) is 16.8. The molecule has 1 aliphatic rings. The van der Waals surface area contributed by atoms with Crippen LogP contribution in [0, 0.1) is 11.3 Å². The highest BCUT2D eigenvalue weighted by Gasteiger charge is 2.27. The molecule has 3 amide bonds. The summed E-state index contributed by atoms with van der Waals surface area (Å²) >= 11 is 0. The van der Waals surface area contributed by atoms with E-state index in [0.717, 1.165) is 19.3 Å². The first-order valence-corrected chi connectivity index (χ1v) is 7.77. The van der Waals surface area contributed by atoms with E-state index in [9.17, 15) is 14.4 Å². The minimum atomic E-state index is -0.864. The molecule has 0 unspecified atom stereocenters. The van der Waals surface area contributed by atoms with Crippen molar-refractivity contribution in [2.75, 3.05) is 19.6 Å². The lowest BCUT2D eigenvalue weighted by atomic mass is 9.90. The first kappa shape index (κ1) is 18.3. The third-order valence-electron chi connectivity index (χ3n) is 4.31. The number of hydrogen-bond acceptors (Lipinski definition) is 3. The number of hydrogen-bond donors (Lipinski definition) is 3. The summed E-state index contributed by atoms with van der Waals surface area (Å²) in [6, 6.07) is -0.144. The first-order valence-electron chi connectivity index (χ1n) is 7.77. The van der Waals surface area contributed by atoms with Crippen LogP contribution in [-0.4, -0.2) is 47.5 Å². The topological polar surface area (TPSA) is 113 Å². The summed E-state index contributed by atoms with van der Waals surface area (Å²) in [6.07, 6.45) is 3.34. The van der Waals surface area contributed by atoms with Crippen molar-refractivity contribution in [3.8, 4) is 0 Å². The van der Waals surface area contributed by atoms with Gasteiger partial charge in [-0.25, -0.2) is 4.79 Å². The van der Waals surface area contributed by atoms with Crippen molar-refractivity contribution in [2.24, 2.45) is 17.1 Å². The molecule has 1 heterocycles. The van der Waals surface area contributed by atoms with Gasteiger partial charge in [0, 0.05) is 26.1 Å². The fourth-order valence-corrected chi connectivity index (χ4v) is 2.47. The Morgan fingerprint density at radius 2 is 1.86 bits per heavy atom. The van der Waals surface area contributed by atoms with Gasteiger partial charge in [0.2, 0.25) is 5.91 Å². The standard InChI is InChI=1S/C15H27N3O4/c1-15(2,13(20)21)7-8-17-14(22)18-9-5-11(6-10-18)3-4-12(16)19/h11H,3-10H2,1-2H3,(H2,16,19)(H,17,22)(H,20,21). The van der Waals surface area contributed by atoms with Gasteiger partial charge in [0.1, 0.15) is 0 Å². The van der Waals surface area contributed by atoms with E-state index in [2.05, 4.69) is 5.32 Å². The Morgan fingerprint density at radius 1 is 1.27 bits per heavy atom. The third-order valence-corrected chi connectivity index (χ3v) is 4.31. The van der Waals surface area contributed by atoms with E-state index in [1.807, 2.05) is 0 Å². The second-order valence-electron chi connectivity index (χ2n) is 6.61. The Labute approximate surface area is 131 Å². The third kappa shape index (κ3) is 5.91. The number of carbonyl (C=O) groups excluding carboxylic acids is 2. The van der Waals surface area contributed by atoms with Gasteiger partial charge in [-0.2, -0.15) is 0 Å². The van der Waals surface area contributed by atoms with Crippen LogP contribution in [0.2, 0.25) is 0 Å². The fourth-order valence-electron chi connectivity index (χ4n) is 2.47. The quantitative estimate of drug-likeness (QED) is 0.655. The molecule has 7 heteroatoms. The van der Waals surface area contributed by atoms with Gasteiger partial charge in [0.15, 0.2) is 0 Å². The number of carbonyl (C=O) groups is 3. The molecule has 0 aromatic heterocycles. The van der Waals surface area contributed by atoms with E-state index in [0.29, 0.717) is 38.4 Å². The Bertz CT molecular complexity index is 415. The van der Waals surface area contributed by atoms with Crippen molar-refractivity contribution in [1.29, 1.82) is 0 Å². The summed E-state index contributed by atoms with van der Waals surface area (Å²) in [6.45, 7) is 4.96. The first-order chi connectivity index (χ1) is 10.2. The maximum atomic E-state index is 12.0. The number of nitrogens with two attached hydrogens (primary N) is 1. The van der Waals surface area contributed by atoms with Crippen LogP contribution in [0.3, 0.4) is 0 Å². The molecular formula is C15H27N3O4. The van der Waals surface area contributed by atoms with Gasteiger partial charge in [-0.05, 0) is 45.4 Å². The van der Waals surface area contributed by atoms with Crippen molar-refractivity contribution >= 4 is 17.9 Å². The van der Waals surface area contributed by atoms with Gasteiger partial charge in [0.05, 0.1) is 5.41 Å². The van der Waals surface area contributed by atoms with Crippen molar-refractivity contribution in [2.45, 2.75) is 46.0 Å². The SMILES string of the molecule is CC(C)(CCNC(=O)N1CCC(CCC(N)=O)CC1)C(=O)O. The molecule has 0 aromatic rings. The molecule has 0 spiro atoms. The highest BCUT2D eigenvalue weighted by atomic mass is 16.4. The zero-order valence-corrected chi connectivity index (χ0v) is 13.4. The van der Waals surface area contributed by atoms with Gasteiger partial charge >= 0.3 is 12.0 Å². The molecule has 0 radical (unpaired) electrons. The highest BCUT2D eigenvalue weighted by Crippen LogP contribution is 2.22. The predicted octanol–water partition coefficient (Wildman–Crippen LogP) is 1.17. The van der Waals surface area contributed by atoms with Gasteiger partial charge in [-0.1, -0.05) is 0 Å². The van der Waals surface area contributed by atoms with E-state index in [-0.39, 0.29) is 11.9 Å². The molecule has 1 rings (SSSR count). The van der Waals surface area contributed by atoms with Gasteiger partial charge < -0.3 is 21.1 Å². The molecule has 1 aliphatic heterocycles. The molecule has 22 heavy (non-hydrogen) atoms. The minimum Gasteiger partial charge on any atom is -0.481 e. The lowest BCUT2D eigenvalue weighted by Crippen LogP contribution is -2.45. The average molecular weight is 313 g/mol. The molecule has 0 aliphatic carbocycles. The number of rotatable bonds is 7. The summed E-state index contributed by atoms with van der Waals surface area (Å²) in [5.74, 6) is -0.694. The second-order valence-corrected chi connectivity index (χ2v) is 6.61. The molecule has 1 saturated heterocycles. The smallest absolute Gasteiger partial charge is 0.317 e. The summed E-state index contributed by atoms with van der Waals surface area (Å²) < 4.78 is 0. The number of likely N-dealkylation sites (tertiary alicyclic amines) is 1. The Hall–Kier alpha value is -1.79. The maximum absolute atomic E-state index is 12.0. The Kier molecular flexibility index (Phi) is 6.64. The fraction of sp³-hybridized carbons (Fsp3) is 0.800. The van der Waals surface area contributed by atoms with E-state index in [1.54, 1.807) is 18.7 Å². The van der Waals surface area contributed by atoms with Crippen LogP contribution in [0.1, 0.15) is 46.0 Å². The van der Waals surface area contributed by atoms with Crippen molar-refractivity contribution in [1.82, 2.24) is 10.2 Å². The van der Waals surface area contributed by atoms with Crippen LogP contribution in [0.4, 0.5) is 4.79 Å². The molecule has 126 valence electrons. The monoisotopic (exact) mass is 313 g/mol. The number of nitrogens with one attached hydrogen (secondary N) is 1. The summed E-state index contributed by atoms with van der Waals surface area (Å²) in [5, 5.41) is 11.8. The summed E-state index contributed by atoms with van der Waals surface area (Å²) in [7, 11) is 0. The molecule has 1 fully saturated rings. The highest BCUT2D eigenvalue weighted by molar-refractivity contribution is 5.75. The number of primary amides is 1. The molecule has 7 nitrogen and oxygen atoms in total. The second kappa shape index (κ2) is 8.00. The molecule has 0 saturated carbocycles. The number of urea groups is 1. The Morgan fingerprint density at radius 3 is 2.36 bits per heavy atom. The summed E-state index contributed by atoms with van der Waals surface area (Å²) in [4.78, 5) is 35.5. The largest absolute Gasteiger partial charge is 0.481 e. The van der Waals surface area contributed by atoms with Gasteiger partial charge in [-0.3, -0.25) is 9.59 Å². The van der Waals surface area contributed by atoms with E-state index in [4.69, 9.17) is 10.8 Å². The molecule has 4 N–H and O–H groups in total. The van der Waals surface area contributed by atoms with Gasteiger partial charge in [-0.15, -0.1) is 0 Å². The van der Waals surface area contributed by atoms with Crippen molar-refractivity contribution < 1.29 is 19.5 Å². The molecule has 0 aromatic carbocycles. The van der Waals surface area contributed by atoms with Crippen LogP contribution in [0.25, 0.3) is 0 Å². The van der Waals surface area contributed by atoms with Crippen molar-refractivity contribution in [3.05, 3.63) is 0 Å². The average Bonchev–Trinajstić information content (AvgIpc) is 2.45. The number of carboxylic acid groups (broad SMARTS) is 1. The van der Waals surface area contributed by atoms with Crippen LogP contribution in [0.5, 0.6) is 0 Å². The zero-order valence-electron chi connectivity index (χ0n) is 13.4. The van der Waals surface area contributed by atoms with Crippen molar-refractivity contribution in [3.63, 3.8) is 0 Å². The van der Waals surface area contributed by atoms with E-state index >= 15 is 0 Å². The molecule has 0 bridgehead atoms.